The number of aromatic amines is 1. The summed E-state index contributed by atoms with van der Waals surface area (Å²) in [6.07, 6.45) is 4.56. The average molecular weight is 271 g/mol. The monoisotopic (exact) mass is 271 g/mol. The van der Waals surface area contributed by atoms with Gasteiger partial charge in [-0.2, -0.15) is 0 Å². The van der Waals surface area contributed by atoms with Crippen LogP contribution in [0.1, 0.15) is 47.9 Å². The quantitative estimate of drug-likeness (QED) is 0.611. The number of ketones is 1. The van der Waals surface area contributed by atoms with Gasteiger partial charge in [0, 0.05) is 5.69 Å². The molecule has 2 aromatic rings. The van der Waals surface area contributed by atoms with Crippen molar-refractivity contribution in [1.82, 2.24) is 4.98 Å². The fraction of sp³-hybridized carbons (Fsp3) is 0.353. The summed E-state index contributed by atoms with van der Waals surface area (Å²) >= 11 is 0. The molecule has 106 valence electrons. The van der Waals surface area contributed by atoms with Gasteiger partial charge in [0.15, 0.2) is 0 Å². The van der Waals surface area contributed by atoms with Crippen LogP contribution >= 0.6 is 0 Å². The molecule has 20 heavy (non-hydrogen) atoms. The third kappa shape index (κ3) is 3.29. The van der Waals surface area contributed by atoms with Gasteiger partial charge in [0.2, 0.25) is 5.78 Å². The van der Waals surface area contributed by atoms with Crippen molar-refractivity contribution in [2.75, 3.05) is 7.11 Å². The number of methoxy groups -OCH3 is 1. The van der Waals surface area contributed by atoms with Gasteiger partial charge in [-0.15, -0.1) is 0 Å². The first-order chi connectivity index (χ1) is 9.76. The number of carbonyl (C=O) groups excluding carboxylic acids is 1. The Kier molecular flexibility index (Phi) is 4.99. The number of aryl methyl sites for hydroxylation is 1. The summed E-state index contributed by atoms with van der Waals surface area (Å²) < 4.78 is 5.24. The molecule has 1 heterocycles. The van der Waals surface area contributed by atoms with Crippen LogP contribution < -0.4 is 4.74 Å². The molecule has 0 bridgehead atoms. The van der Waals surface area contributed by atoms with E-state index in [0.717, 1.165) is 18.5 Å². The van der Waals surface area contributed by atoms with Crippen molar-refractivity contribution >= 4 is 5.78 Å². The third-order valence-electron chi connectivity index (χ3n) is 3.39. The zero-order valence-corrected chi connectivity index (χ0v) is 12.1. The molecule has 3 heteroatoms. The number of benzene rings is 1. The Balaban J connectivity index is 2.13. The molecule has 0 spiro atoms. The van der Waals surface area contributed by atoms with Crippen LogP contribution in [0.4, 0.5) is 0 Å². The normalized spacial score (nSPS) is 10.5. The maximum atomic E-state index is 12.5. The molecular weight excluding hydrogens is 250 g/mol. The van der Waals surface area contributed by atoms with Crippen molar-refractivity contribution in [3.63, 3.8) is 0 Å². The highest BCUT2D eigenvalue weighted by atomic mass is 16.5. The van der Waals surface area contributed by atoms with E-state index < -0.39 is 0 Å². The summed E-state index contributed by atoms with van der Waals surface area (Å²) in [5.41, 5.74) is 2.34. The maximum Gasteiger partial charge on any atom is 0.212 e. The lowest BCUT2D eigenvalue weighted by Crippen LogP contribution is -2.04. The van der Waals surface area contributed by atoms with E-state index in [1.54, 1.807) is 19.2 Å². The molecule has 0 aliphatic carbocycles. The Hall–Kier alpha value is -2.03. The molecule has 2 rings (SSSR count). The van der Waals surface area contributed by atoms with E-state index in [4.69, 9.17) is 4.74 Å². The number of H-pyrrole nitrogens is 1. The third-order valence-corrected chi connectivity index (χ3v) is 3.39. The van der Waals surface area contributed by atoms with E-state index in [0.29, 0.717) is 17.0 Å². The highest BCUT2D eigenvalue weighted by molar-refractivity contribution is 6.09. The van der Waals surface area contributed by atoms with Crippen molar-refractivity contribution < 1.29 is 9.53 Å². The highest BCUT2D eigenvalue weighted by Gasteiger charge is 2.15. The zero-order chi connectivity index (χ0) is 14.4. The maximum absolute atomic E-state index is 12.5. The fourth-order valence-corrected chi connectivity index (χ4v) is 2.26. The van der Waals surface area contributed by atoms with Crippen molar-refractivity contribution in [2.45, 2.75) is 32.6 Å². The number of hydrogen-bond donors (Lipinski definition) is 1. The number of nitrogens with one attached hydrogen (secondary N) is 1. The lowest BCUT2D eigenvalue weighted by molar-refractivity contribution is 0.103. The van der Waals surface area contributed by atoms with Gasteiger partial charge in [0.1, 0.15) is 5.75 Å². The van der Waals surface area contributed by atoms with Gasteiger partial charge in [0.25, 0.3) is 0 Å². The average Bonchev–Trinajstić information content (AvgIpc) is 2.95. The number of ether oxygens (including phenoxy) is 1. The Morgan fingerprint density at radius 3 is 2.70 bits per heavy atom. The van der Waals surface area contributed by atoms with Crippen LogP contribution in [0.5, 0.6) is 5.75 Å². The molecule has 1 aromatic carbocycles. The number of aromatic nitrogens is 1. The molecule has 0 fully saturated rings. The lowest BCUT2D eigenvalue weighted by Gasteiger charge is -2.06. The molecule has 0 radical (unpaired) electrons. The SMILES string of the molecule is CCCCCc1ccc(C(=O)c2ccccc2OC)[nH]1. The number of rotatable bonds is 7. The second-order valence-electron chi connectivity index (χ2n) is 4.88. The summed E-state index contributed by atoms with van der Waals surface area (Å²) in [4.78, 5) is 15.7. The minimum absolute atomic E-state index is 0.0239. The summed E-state index contributed by atoms with van der Waals surface area (Å²) in [6.45, 7) is 2.19. The predicted octanol–water partition coefficient (Wildman–Crippen LogP) is 3.99. The summed E-state index contributed by atoms with van der Waals surface area (Å²) in [5.74, 6) is 0.587. The van der Waals surface area contributed by atoms with E-state index in [1.165, 1.54) is 12.8 Å². The summed E-state index contributed by atoms with van der Waals surface area (Å²) in [5, 5.41) is 0. The van der Waals surface area contributed by atoms with E-state index >= 15 is 0 Å². The Bertz CT molecular complexity index is 572. The fourth-order valence-electron chi connectivity index (χ4n) is 2.26. The number of carbonyl (C=O) groups is 1. The van der Waals surface area contributed by atoms with Crippen LogP contribution in [-0.4, -0.2) is 17.9 Å². The van der Waals surface area contributed by atoms with Crippen molar-refractivity contribution in [3.8, 4) is 5.75 Å². The largest absolute Gasteiger partial charge is 0.496 e. The number of hydrogen-bond acceptors (Lipinski definition) is 2. The Labute approximate surface area is 120 Å². The van der Waals surface area contributed by atoms with Crippen molar-refractivity contribution in [2.24, 2.45) is 0 Å². The first kappa shape index (κ1) is 14.4. The van der Waals surface area contributed by atoms with Crippen molar-refractivity contribution in [1.29, 1.82) is 0 Å². The van der Waals surface area contributed by atoms with Crippen LogP contribution in [0.2, 0.25) is 0 Å². The number of para-hydroxylation sites is 1. The number of unbranched alkanes of at least 4 members (excludes halogenated alkanes) is 2. The van der Waals surface area contributed by atoms with Crippen LogP contribution in [-0.2, 0) is 6.42 Å². The minimum Gasteiger partial charge on any atom is -0.496 e. The second-order valence-corrected chi connectivity index (χ2v) is 4.88. The first-order valence-corrected chi connectivity index (χ1v) is 7.12. The van der Waals surface area contributed by atoms with Crippen LogP contribution in [0.25, 0.3) is 0 Å². The molecule has 0 atom stereocenters. The smallest absolute Gasteiger partial charge is 0.212 e. The molecule has 1 aromatic heterocycles. The first-order valence-electron chi connectivity index (χ1n) is 7.12. The minimum atomic E-state index is -0.0239. The van der Waals surface area contributed by atoms with E-state index in [2.05, 4.69) is 11.9 Å². The Morgan fingerprint density at radius 1 is 1.15 bits per heavy atom. The molecule has 3 nitrogen and oxygen atoms in total. The molecule has 0 saturated carbocycles. The Morgan fingerprint density at radius 2 is 1.95 bits per heavy atom. The lowest BCUT2D eigenvalue weighted by atomic mass is 10.1. The highest BCUT2D eigenvalue weighted by Crippen LogP contribution is 2.21. The van der Waals surface area contributed by atoms with E-state index in [-0.39, 0.29) is 5.78 Å². The van der Waals surface area contributed by atoms with Crippen LogP contribution in [0.15, 0.2) is 36.4 Å². The summed E-state index contributed by atoms with van der Waals surface area (Å²) in [7, 11) is 1.58. The molecule has 0 aliphatic heterocycles. The van der Waals surface area contributed by atoms with Crippen LogP contribution in [0.3, 0.4) is 0 Å². The molecule has 0 unspecified atom stereocenters. The summed E-state index contributed by atoms with van der Waals surface area (Å²) in [6, 6.07) is 11.2. The topological polar surface area (TPSA) is 42.1 Å². The standard InChI is InChI=1S/C17H21NO2/c1-3-4-5-8-13-11-12-15(18-13)17(19)14-9-6-7-10-16(14)20-2/h6-7,9-12,18H,3-5,8H2,1-2H3. The van der Waals surface area contributed by atoms with E-state index in [9.17, 15) is 4.79 Å². The van der Waals surface area contributed by atoms with Gasteiger partial charge >= 0.3 is 0 Å². The molecule has 1 N–H and O–H groups in total. The molecule has 0 amide bonds. The molecule has 0 saturated heterocycles. The van der Waals surface area contributed by atoms with Gasteiger partial charge < -0.3 is 9.72 Å². The zero-order valence-electron chi connectivity index (χ0n) is 12.1. The second kappa shape index (κ2) is 6.94. The van der Waals surface area contributed by atoms with Crippen LogP contribution in [0, 0.1) is 0 Å². The molecular formula is C17H21NO2. The predicted molar refractivity (Wildman–Crippen MR) is 80.4 cm³/mol. The van der Waals surface area contributed by atoms with Gasteiger partial charge in [-0.25, -0.2) is 0 Å². The van der Waals surface area contributed by atoms with E-state index in [1.807, 2.05) is 24.3 Å². The van der Waals surface area contributed by atoms with Gasteiger partial charge in [-0.1, -0.05) is 31.9 Å². The van der Waals surface area contributed by atoms with Gasteiger partial charge in [-0.3, -0.25) is 4.79 Å². The van der Waals surface area contributed by atoms with Crippen molar-refractivity contribution in [3.05, 3.63) is 53.3 Å². The molecule has 0 aliphatic rings. The van der Waals surface area contributed by atoms with Gasteiger partial charge in [0.05, 0.1) is 18.4 Å². The van der Waals surface area contributed by atoms with Gasteiger partial charge in [-0.05, 0) is 37.1 Å².